The molecule has 6 atom stereocenters. The number of hydrogen-bond acceptors (Lipinski definition) is 19. The highest BCUT2D eigenvalue weighted by atomic mass is 32.7. The van der Waals surface area contributed by atoms with Gasteiger partial charge in [0.15, 0.2) is 24.3 Å². The fourth-order valence-corrected chi connectivity index (χ4v) is 6.81. The second-order valence-electron chi connectivity index (χ2n) is 7.14. The average molecular weight is 621 g/mol. The van der Waals surface area contributed by atoms with Gasteiger partial charge < -0.3 is 50.8 Å². The van der Waals surface area contributed by atoms with E-state index in [1.54, 1.807) is 0 Å². The minimum atomic E-state index is -6.11. The molecule has 0 spiro atoms. The number of carbonyl (C=O) groups excluding carboxylic acids is 2. The zero-order valence-electron chi connectivity index (χ0n) is 19.3. The zero-order chi connectivity index (χ0) is 29.1. The van der Waals surface area contributed by atoms with E-state index in [0.717, 1.165) is 37.6 Å². The van der Waals surface area contributed by atoms with Gasteiger partial charge in [-0.2, -0.15) is 9.51 Å². The molecule has 1 aliphatic rings. The van der Waals surface area contributed by atoms with Crippen LogP contribution in [0.2, 0.25) is 0 Å². The Hall–Kier alpha value is -1.79. The molecule has 2 rings (SSSR count). The Morgan fingerprint density at radius 3 is 2.29 bits per heavy atom. The molecule has 0 aromatic carbocycles. The first-order chi connectivity index (χ1) is 17.3. The summed E-state index contributed by atoms with van der Waals surface area (Å²) < 4.78 is 50.7. The average Bonchev–Trinajstić information content (AvgIpc) is 2.99. The van der Waals surface area contributed by atoms with Gasteiger partial charge in [0.25, 0.3) is 7.15 Å². The molecule has 0 amide bonds. The number of carbonyl (C=O) groups is 2. The summed E-state index contributed by atoms with van der Waals surface area (Å²) in [5.41, 5.74) is -1.04. The first kappa shape index (κ1) is 32.4. The van der Waals surface area contributed by atoms with Crippen LogP contribution in [0.1, 0.15) is 27.0 Å². The number of phosphoric acid groups is 2. The van der Waals surface area contributed by atoms with E-state index in [0.29, 0.717) is 0 Å². The Labute approximate surface area is 218 Å². The molecule has 2 unspecified atom stereocenters. The highest BCUT2D eigenvalue weighted by Gasteiger charge is 2.51. The van der Waals surface area contributed by atoms with Crippen LogP contribution in [0.3, 0.4) is 0 Å². The predicted octanol–water partition coefficient (Wildman–Crippen LogP) is -3.02. The highest BCUT2D eigenvalue weighted by molar-refractivity contribution is 8.36. The van der Waals surface area contributed by atoms with Crippen molar-refractivity contribution in [2.75, 3.05) is 6.61 Å². The summed E-state index contributed by atoms with van der Waals surface area (Å²) in [6, 6.07) is 1.14. The Bertz CT molecular complexity index is 1230. The molecule has 1 fully saturated rings. The van der Waals surface area contributed by atoms with E-state index in [-0.39, 0.29) is 5.82 Å². The van der Waals surface area contributed by atoms with Gasteiger partial charge in [-0.15, -0.1) is 4.31 Å². The van der Waals surface area contributed by atoms with Crippen molar-refractivity contribution in [3.8, 4) is 0 Å². The standard InChI is InChI=1S/C15H22N3O16P3S/c1-7(19)16-11-4-5-18(15(22)17-11)14-13(31-9(3)21)12(30-8(2)20)10(32-14)6-29-37(28,38)34-36(26,27)33-35(23,24)25/h4-5,10,12-14H,6H2,1-3H3,(H,26,27)(H,28,38)(H2,23,24,25)(H,16,17,19,22)/p-4/t10-,12-,13-,14-,37?/m1/s1. The third-order valence-corrected chi connectivity index (χ3v) is 8.67. The van der Waals surface area contributed by atoms with Crippen LogP contribution in [-0.4, -0.2) is 57.2 Å². The lowest BCUT2D eigenvalue weighted by Crippen LogP contribution is -2.41. The molecule has 2 heterocycles. The first-order valence-corrected chi connectivity index (χ1v) is 15.3. The topological polar surface area (TPSA) is 283 Å². The number of ether oxygens (including phenoxy) is 3. The fourth-order valence-electron chi connectivity index (χ4n) is 2.99. The van der Waals surface area contributed by atoms with Gasteiger partial charge in [-0.25, -0.2) is 14.7 Å². The molecule has 0 bridgehead atoms. The molecular weight excluding hydrogens is 603 g/mol. The van der Waals surface area contributed by atoms with E-state index < -0.39 is 77.5 Å². The van der Waals surface area contributed by atoms with Gasteiger partial charge in [0.05, 0.1) is 7.82 Å². The summed E-state index contributed by atoms with van der Waals surface area (Å²) in [4.78, 5) is 85.6. The van der Waals surface area contributed by atoms with Crippen LogP contribution in [0.5, 0.6) is 0 Å². The first-order valence-electron chi connectivity index (χ1n) is 9.83. The maximum absolute atomic E-state index is 12.6. The van der Waals surface area contributed by atoms with Gasteiger partial charge in [-0.1, -0.05) is 0 Å². The molecule has 23 heteroatoms. The van der Waals surface area contributed by atoms with E-state index in [2.05, 4.69) is 30.8 Å². The summed E-state index contributed by atoms with van der Waals surface area (Å²) in [6.45, 7) is 2.12. The summed E-state index contributed by atoms with van der Waals surface area (Å²) >= 11 is 4.46. The van der Waals surface area contributed by atoms with Gasteiger partial charge in [-0.05, 0) is 18.9 Å². The molecule has 38 heavy (non-hydrogen) atoms. The van der Waals surface area contributed by atoms with Crippen molar-refractivity contribution >= 4 is 58.7 Å². The highest BCUT2D eigenvalue weighted by Crippen LogP contribution is 2.68. The second kappa shape index (κ2) is 12.6. The Morgan fingerprint density at radius 2 is 1.79 bits per heavy atom. The number of nitrogens with zero attached hydrogens (tertiary/aromatic N) is 3. The maximum Gasteiger partial charge on any atom is 0.351 e. The van der Waals surface area contributed by atoms with Gasteiger partial charge in [0.1, 0.15) is 12.7 Å². The van der Waals surface area contributed by atoms with E-state index in [1.807, 2.05) is 0 Å². The van der Waals surface area contributed by atoms with Crippen molar-refractivity contribution in [1.29, 1.82) is 0 Å². The number of hydrogen-bond donors (Lipinski definition) is 1. The van der Waals surface area contributed by atoms with Gasteiger partial charge >= 0.3 is 25.5 Å². The van der Waals surface area contributed by atoms with Crippen LogP contribution >= 0.6 is 22.8 Å². The summed E-state index contributed by atoms with van der Waals surface area (Å²) in [7, 11) is -17.0. The van der Waals surface area contributed by atoms with E-state index in [4.69, 9.17) is 18.7 Å². The van der Waals surface area contributed by atoms with Crippen molar-refractivity contribution in [2.45, 2.75) is 45.3 Å². The molecule has 0 radical (unpaired) electrons. The second-order valence-corrected chi connectivity index (χ2v) is 12.8. The molecule has 1 aliphatic heterocycles. The van der Waals surface area contributed by atoms with Crippen molar-refractivity contribution in [1.82, 2.24) is 9.55 Å². The van der Waals surface area contributed by atoms with Crippen LogP contribution in [0.4, 0.5) is 5.82 Å². The molecule has 1 aromatic heterocycles. The Kier molecular flexibility index (Phi) is 10.7. The van der Waals surface area contributed by atoms with Crippen LogP contribution in [0.15, 0.2) is 22.1 Å². The largest absolute Gasteiger partial charge is 0.862 e. The molecule has 0 aliphatic carbocycles. The van der Waals surface area contributed by atoms with Gasteiger partial charge in [-0.3, -0.25) is 23.0 Å². The fraction of sp³-hybridized carbons (Fsp3) is 0.533. The normalized spacial score (nSPS) is 25.3. The third-order valence-electron chi connectivity index (χ3n) is 4.06. The van der Waals surface area contributed by atoms with E-state index in [1.165, 1.54) is 0 Å². The smallest absolute Gasteiger partial charge is 0.351 e. The lowest BCUT2D eigenvalue weighted by atomic mass is 10.1. The van der Waals surface area contributed by atoms with Crippen LogP contribution < -0.4 is 25.5 Å². The van der Waals surface area contributed by atoms with Crippen molar-refractivity contribution < 1.29 is 70.8 Å². The van der Waals surface area contributed by atoms with Crippen LogP contribution in [-0.2, 0) is 58.3 Å². The summed E-state index contributed by atoms with van der Waals surface area (Å²) in [5, 5.41) is 11.1. The zero-order valence-corrected chi connectivity index (χ0v) is 22.8. The lowest BCUT2D eigenvalue weighted by molar-refractivity contribution is -0.339. The van der Waals surface area contributed by atoms with E-state index in [9.17, 15) is 48.2 Å². The number of aliphatic imine (C=N–C) groups is 1. The van der Waals surface area contributed by atoms with E-state index >= 15 is 0 Å². The minimum Gasteiger partial charge on any atom is -0.862 e. The Morgan fingerprint density at radius 1 is 1.21 bits per heavy atom. The van der Waals surface area contributed by atoms with Crippen LogP contribution in [0.25, 0.3) is 0 Å². The lowest BCUT2D eigenvalue weighted by Gasteiger charge is -2.36. The van der Waals surface area contributed by atoms with Crippen molar-refractivity contribution in [3.05, 3.63) is 22.7 Å². The molecular formula is C15H18N3O16P3S-4. The quantitative estimate of drug-likeness (QED) is 0.0845. The number of rotatable bonds is 11. The third kappa shape index (κ3) is 10.1. The van der Waals surface area contributed by atoms with Crippen molar-refractivity contribution in [2.24, 2.45) is 4.99 Å². The molecule has 1 aromatic rings. The monoisotopic (exact) mass is 621 g/mol. The SMILES string of the molecule is CC(=O)O[C@@H]1[C@H](OC(C)=O)[C@@H](CO[P+](O)([S-])OP(=O)([O-])OP(=O)([O-])[O-])O[C@H]1n1ccc(N=C(C)[O-])nc1=O. The van der Waals surface area contributed by atoms with Crippen molar-refractivity contribution in [3.63, 3.8) is 0 Å². The summed E-state index contributed by atoms with van der Waals surface area (Å²) in [5.74, 6) is -2.74. The summed E-state index contributed by atoms with van der Waals surface area (Å²) in [6.07, 6.45) is -5.11. The molecule has 1 saturated heterocycles. The Balaban J connectivity index is 2.36. The molecule has 214 valence electrons. The molecule has 19 nitrogen and oxygen atoms in total. The predicted molar refractivity (Wildman–Crippen MR) is 116 cm³/mol. The van der Waals surface area contributed by atoms with Gasteiger partial charge in [0.2, 0.25) is 0 Å². The maximum atomic E-state index is 12.6. The number of aromatic nitrogens is 2. The molecule has 1 N–H and O–H groups in total. The number of esters is 2. The van der Waals surface area contributed by atoms with Crippen LogP contribution in [0, 0.1) is 0 Å². The molecule has 0 saturated carbocycles. The minimum absolute atomic E-state index is 0.250. The van der Waals surface area contributed by atoms with Gasteiger partial charge in [0, 0.05) is 20.0 Å².